The van der Waals surface area contributed by atoms with Crippen LogP contribution in [0.5, 0.6) is 0 Å². The van der Waals surface area contributed by atoms with Gasteiger partial charge in [-0.05, 0) is 17.5 Å². The fourth-order valence-electron chi connectivity index (χ4n) is 2.69. The first kappa shape index (κ1) is 15.4. The van der Waals surface area contributed by atoms with Crippen LogP contribution in [0.15, 0.2) is 59.4 Å². The molecule has 0 fully saturated rings. The maximum absolute atomic E-state index is 12.7. The second-order valence-electron chi connectivity index (χ2n) is 6.15. The van der Waals surface area contributed by atoms with Crippen molar-refractivity contribution < 1.29 is 0 Å². The molecule has 0 bridgehead atoms. The molecule has 2 N–H and O–H groups in total. The van der Waals surface area contributed by atoms with Crippen molar-refractivity contribution in [3.05, 3.63) is 76.2 Å². The number of fused-ring (bicyclic) bond motifs is 1. The van der Waals surface area contributed by atoms with Crippen LogP contribution < -0.4 is 11.3 Å². The lowest BCUT2D eigenvalue weighted by Crippen LogP contribution is -2.29. The van der Waals surface area contributed by atoms with E-state index in [1.165, 1.54) is 4.68 Å². The van der Waals surface area contributed by atoms with Gasteiger partial charge in [0.05, 0.1) is 23.7 Å². The van der Waals surface area contributed by atoms with Crippen molar-refractivity contribution in [1.29, 1.82) is 0 Å². The number of nitrogens with two attached hydrogens (primary N) is 1. The van der Waals surface area contributed by atoms with Crippen LogP contribution in [0.4, 0.5) is 0 Å². The summed E-state index contributed by atoms with van der Waals surface area (Å²) in [7, 11) is 0. The van der Waals surface area contributed by atoms with E-state index >= 15 is 0 Å². The molecule has 0 aliphatic carbocycles. The zero-order valence-electron chi connectivity index (χ0n) is 13.4. The van der Waals surface area contributed by atoms with E-state index in [0.29, 0.717) is 11.9 Å². The van der Waals surface area contributed by atoms with Gasteiger partial charge in [0, 0.05) is 5.39 Å². The van der Waals surface area contributed by atoms with Gasteiger partial charge in [0.2, 0.25) is 0 Å². The van der Waals surface area contributed by atoms with Gasteiger partial charge >= 0.3 is 0 Å². The van der Waals surface area contributed by atoms with Gasteiger partial charge in [-0.3, -0.25) is 4.79 Å². The molecule has 1 aromatic heterocycles. The molecule has 0 saturated carbocycles. The van der Waals surface area contributed by atoms with E-state index in [0.717, 1.165) is 16.6 Å². The summed E-state index contributed by atoms with van der Waals surface area (Å²) in [6.07, 6.45) is 0. The molecular weight excluding hydrogens is 286 g/mol. The fourth-order valence-corrected chi connectivity index (χ4v) is 2.69. The first-order valence-electron chi connectivity index (χ1n) is 7.87. The van der Waals surface area contributed by atoms with Gasteiger partial charge in [0.25, 0.3) is 5.56 Å². The zero-order chi connectivity index (χ0) is 16.4. The maximum atomic E-state index is 12.7. The molecule has 0 aliphatic rings. The first-order valence-corrected chi connectivity index (χ1v) is 7.87. The molecule has 0 amide bonds. The van der Waals surface area contributed by atoms with Crippen LogP contribution in [0.1, 0.15) is 31.1 Å². The van der Waals surface area contributed by atoms with Crippen molar-refractivity contribution in [1.82, 2.24) is 9.78 Å². The van der Waals surface area contributed by atoms with Gasteiger partial charge in [-0.25, -0.2) is 4.68 Å². The highest BCUT2D eigenvalue weighted by molar-refractivity contribution is 5.83. The summed E-state index contributed by atoms with van der Waals surface area (Å²) in [5.41, 5.74) is 8.09. The van der Waals surface area contributed by atoms with E-state index < -0.39 is 0 Å². The third-order valence-corrected chi connectivity index (χ3v) is 4.11. The van der Waals surface area contributed by atoms with Crippen molar-refractivity contribution >= 4 is 10.8 Å². The van der Waals surface area contributed by atoms with E-state index in [-0.39, 0.29) is 17.5 Å². The summed E-state index contributed by atoms with van der Waals surface area (Å²) < 4.78 is 1.52. The normalized spacial score (nSPS) is 12.7. The average Bonchev–Trinajstić information content (AvgIpc) is 2.57. The van der Waals surface area contributed by atoms with Gasteiger partial charge < -0.3 is 5.73 Å². The summed E-state index contributed by atoms with van der Waals surface area (Å²) in [6, 6.07) is 17.2. The number of rotatable bonds is 4. The molecule has 4 nitrogen and oxygen atoms in total. The summed E-state index contributed by atoms with van der Waals surface area (Å²) in [6.45, 7) is 4.57. The zero-order valence-corrected chi connectivity index (χ0v) is 13.4. The Balaban J connectivity index is 2.19. The third-order valence-electron chi connectivity index (χ3n) is 4.11. The molecule has 3 rings (SSSR count). The first-order chi connectivity index (χ1) is 11.1. The second-order valence-corrected chi connectivity index (χ2v) is 6.15. The van der Waals surface area contributed by atoms with Crippen molar-refractivity contribution in [2.75, 3.05) is 0 Å². The summed E-state index contributed by atoms with van der Waals surface area (Å²) in [4.78, 5) is 12.7. The predicted molar refractivity (Wildman–Crippen MR) is 93.3 cm³/mol. The van der Waals surface area contributed by atoms with Crippen molar-refractivity contribution in [3.63, 3.8) is 0 Å². The lowest BCUT2D eigenvalue weighted by atomic mass is 9.98. The molecule has 0 aliphatic heterocycles. The van der Waals surface area contributed by atoms with Crippen molar-refractivity contribution in [2.24, 2.45) is 11.7 Å². The maximum Gasteiger partial charge on any atom is 0.274 e. The Hall–Kier alpha value is -2.46. The van der Waals surface area contributed by atoms with Crippen LogP contribution in [0.2, 0.25) is 0 Å². The highest BCUT2D eigenvalue weighted by atomic mass is 16.1. The predicted octanol–water partition coefficient (Wildman–Crippen LogP) is 3.10. The van der Waals surface area contributed by atoms with Gasteiger partial charge in [-0.1, -0.05) is 62.4 Å². The van der Waals surface area contributed by atoms with Gasteiger partial charge in [-0.15, -0.1) is 0 Å². The Morgan fingerprint density at radius 2 is 1.61 bits per heavy atom. The SMILES string of the molecule is CC(C)C(N)c1nn(Cc2ccccc2)c(=O)c2ccccc12. The Morgan fingerprint density at radius 3 is 2.26 bits per heavy atom. The van der Waals surface area contributed by atoms with E-state index in [1.54, 1.807) is 0 Å². The highest BCUT2D eigenvalue weighted by Gasteiger charge is 2.18. The minimum absolute atomic E-state index is 0.0795. The quantitative estimate of drug-likeness (QED) is 0.805. The Kier molecular flexibility index (Phi) is 4.26. The molecule has 1 unspecified atom stereocenters. The van der Waals surface area contributed by atoms with E-state index in [2.05, 4.69) is 18.9 Å². The molecule has 4 heteroatoms. The van der Waals surface area contributed by atoms with Gasteiger partial charge in [-0.2, -0.15) is 5.10 Å². The van der Waals surface area contributed by atoms with Crippen LogP contribution in [0.3, 0.4) is 0 Å². The lowest BCUT2D eigenvalue weighted by Gasteiger charge is -2.18. The van der Waals surface area contributed by atoms with Crippen LogP contribution in [-0.4, -0.2) is 9.78 Å². The molecular formula is C19H21N3O. The molecule has 118 valence electrons. The largest absolute Gasteiger partial charge is 0.322 e. The third kappa shape index (κ3) is 3.03. The number of hydrogen-bond donors (Lipinski definition) is 1. The Labute approximate surface area is 135 Å². The average molecular weight is 307 g/mol. The lowest BCUT2D eigenvalue weighted by molar-refractivity contribution is 0.486. The number of hydrogen-bond acceptors (Lipinski definition) is 3. The van der Waals surface area contributed by atoms with Gasteiger partial charge in [0.1, 0.15) is 0 Å². The number of aromatic nitrogens is 2. The minimum Gasteiger partial charge on any atom is -0.322 e. The molecule has 1 atom stereocenters. The number of nitrogens with zero attached hydrogens (tertiary/aromatic N) is 2. The molecule has 0 spiro atoms. The summed E-state index contributed by atoms with van der Waals surface area (Å²) in [5.74, 6) is 0.244. The summed E-state index contributed by atoms with van der Waals surface area (Å²) >= 11 is 0. The van der Waals surface area contributed by atoms with Crippen molar-refractivity contribution in [3.8, 4) is 0 Å². The van der Waals surface area contributed by atoms with Gasteiger partial charge in [0.15, 0.2) is 0 Å². The second kappa shape index (κ2) is 6.34. The smallest absolute Gasteiger partial charge is 0.274 e. The van der Waals surface area contributed by atoms with Crippen molar-refractivity contribution in [2.45, 2.75) is 26.4 Å². The van der Waals surface area contributed by atoms with Crippen LogP contribution >= 0.6 is 0 Å². The Bertz CT molecular complexity index is 869. The topological polar surface area (TPSA) is 60.9 Å². The standard InChI is InChI=1S/C19H21N3O/c1-13(2)17(20)18-15-10-6-7-11-16(15)19(23)22(21-18)12-14-8-4-3-5-9-14/h3-11,13,17H,12,20H2,1-2H3. The van der Waals surface area contributed by atoms with Crippen LogP contribution in [0, 0.1) is 5.92 Å². The van der Waals surface area contributed by atoms with Crippen LogP contribution in [-0.2, 0) is 6.54 Å². The molecule has 1 heterocycles. The molecule has 0 radical (unpaired) electrons. The van der Waals surface area contributed by atoms with Crippen LogP contribution in [0.25, 0.3) is 10.8 Å². The molecule has 3 aromatic rings. The van der Waals surface area contributed by atoms with E-state index in [9.17, 15) is 4.79 Å². The van der Waals surface area contributed by atoms with E-state index in [4.69, 9.17) is 5.73 Å². The Morgan fingerprint density at radius 1 is 1.00 bits per heavy atom. The fraction of sp³-hybridized carbons (Fsp3) is 0.263. The summed E-state index contributed by atoms with van der Waals surface area (Å²) in [5, 5.41) is 6.12. The molecule has 0 saturated heterocycles. The number of benzene rings is 2. The molecule has 2 aromatic carbocycles. The highest BCUT2D eigenvalue weighted by Crippen LogP contribution is 2.23. The van der Waals surface area contributed by atoms with E-state index in [1.807, 2.05) is 54.6 Å². The monoisotopic (exact) mass is 307 g/mol. The molecule has 23 heavy (non-hydrogen) atoms. The minimum atomic E-state index is -0.206.